The summed E-state index contributed by atoms with van der Waals surface area (Å²) >= 11 is 0.643. The second kappa shape index (κ2) is 5.48. The number of aromatic nitrogens is 2. The number of nitrogens with one attached hydrogen (secondary N) is 1. The van der Waals surface area contributed by atoms with Crippen LogP contribution in [0.25, 0.3) is 0 Å². The van der Waals surface area contributed by atoms with E-state index >= 15 is 0 Å². The van der Waals surface area contributed by atoms with E-state index in [9.17, 15) is 13.2 Å². The van der Waals surface area contributed by atoms with E-state index in [4.69, 9.17) is 0 Å². The number of piperidine rings is 1. The van der Waals surface area contributed by atoms with Crippen molar-refractivity contribution in [3.8, 4) is 0 Å². The Morgan fingerprint density at radius 1 is 1.25 bits per heavy atom. The van der Waals surface area contributed by atoms with E-state index < -0.39 is 11.2 Å². The molecule has 0 aromatic carbocycles. The van der Waals surface area contributed by atoms with Gasteiger partial charge in [-0.2, -0.15) is 13.2 Å². The van der Waals surface area contributed by atoms with E-state index in [2.05, 4.69) is 15.5 Å². The Hall–Kier alpha value is -0.890. The molecule has 3 rings (SSSR count). The molecule has 2 heterocycles. The fraction of sp³-hybridized carbons (Fsp3) is 0.833. The van der Waals surface area contributed by atoms with Gasteiger partial charge in [-0.25, -0.2) is 0 Å². The van der Waals surface area contributed by atoms with Crippen molar-refractivity contribution in [2.45, 2.75) is 37.9 Å². The average molecular weight is 306 g/mol. The van der Waals surface area contributed by atoms with Gasteiger partial charge in [-0.3, -0.25) is 0 Å². The maximum absolute atomic E-state index is 12.5. The Morgan fingerprint density at radius 2 is 2.05 bits per heavy atom. The van der Waals surface area contributed by atoms with Crippen LogP contribution in [0, 0.1) is 5.92 Å². The molecule has 8 heteroatoms. The minimum atomic E-state index is -4.39. The zero-order chi connectivity index (χ0) is 14.2. The first-order valence-corrected chi connectivity index (χ1v) is 7.73. The molecular formula is C12H17F3N4S. The molecule has 0 amide bonds. The molecule has 1 saturated carbocycles. The molecule has 112 valence electrons. The van der Waals surface area contributed by atoms with Gasteiger partial charge >= 0.3 is 6.18 Å². The predicted molar refractivity (Wildman–Crippen MR) is 70.9 cm³/mol. The van der Waals surface area contributed by atoms with Gasteiger partial charge in [-0.05, 0) is 38.1 Å². The van der Waals surface area contributed by atoms with E-state index in [1.54, 1.807) is 0 Å². The highest BCUT2D eigenvalue weighted by molar-refractivity contribution is 7.15. The van der Waals surface area contributed by atoms with E-state index in [1.807, 2.05) is 4.90 Å². The molecule has 4 nitrogen and oxygen atoms in total. The number of anilines is 1. The molecule has 1 atom stereocenters. The van der Waals surface area contributed by atoms with Gasteiger partial charge in [0, 0.05) is 19.1 Å². The standard InChI is InChI=1S/C12H17F3N4S/c13-12(14,15)10-17-18-11(20-10)19-5-1-2-8(7-19)6-16-9-3-4-9/h8-9,16H,1-7H2. The van der Waals surface area contributed by atoms with Gasteiger partial charge in [-0.15, -0.1) is 10.2 Å². The van der Waals surface area contributed by atoms with E-state index in [0.29, 0.717) is 28.4 Å². The van der Waals surface area contributed by atoms with Crippen LogP contribution in [0.5, 0.6) is 0 Å². The number of alkyl halides is 3. The quantitative estimate of drug-likeness (QED) is 0.928. The van der Waals surface area contributed by atoms with Gasteiger partial charge in [0.2, 0.25) is 10.1 Å². The van der Waals surface area contributed by atoms with Gasteiger partial charge in [0.1, 0.15) is 0 Å². The van der Waals surface area contributed by atoms with Crippen molar-refractivity contribution in [1.29, 1.82) is 0 Å². The third-order valence-corrected chi connectivity index (χ3v) is 4.75. The molecule has 0 radical (unpaired) electrons. The van der Waals surface area contributed by atoms with E-state index in [0.717, 1.165) is 32.5 Å². The molecule has 0 spiro atoms. The van der Waals surface area contributed by atoms with Gasteiger partial charge in [-0.1, -0.05) is 11.3 Å². The summed E-state index contributed by atoms with van der Waals surface area (Å²) in [4.78, 5) is 1.94. The largest absolute Gasteiger partial charge is 0.445 e. The first-order valence-electron chi connectivity index (χ1n) is 6.91. The molecule has 1 aromatic heterocycles. The van der Waals surface area contributed by atoms with Crippen LogP contribution in [0.3, 0.4) is 0 Å². The Balaban J connectivity index is 1.59. The fourth-order valence-corrected chi connectivity index (χ4v) is 3.23. The molecule has 1 aliphatic carbocycles. The lowest BCUT2D eigenvalue weighted by atomic mass is 9.98. The van der Waals surface area contributed by atoms with E-state index in [1.165, 1.54) is 12.8 Å². The highest BCUT2D eigenvalue weighted by atomic mass is 32.1. The van der Waals surface area contributed by atoms with Crippen LogP contribution in [0.1, 0.15) is 30.7 Å². The number of hydrogen-bond acceptors (Lipinski definition) is 5. The first-order chi connectivity index (χ1) is 9.52. The summed E-state index contributed by atoms with van der Waals surface area (Å²) in [5, 5.41) is 9.99. The zero-order valence-corrected chi connectivity index (χ0v) is 11.8. The smallest absolute Gasteiger partial charge is 0.346 e. The second-order valence-electron chi connectivity index (χ2n) is 5.52. The van der Waals surface area contributed by atoms with Crippen molar-refractivity contribution in [2.75, 3.05) is 24.5 Å². The summed E-state index contributed by atoms with van der Waals surface area (Å²) < 4.78 is 37.6. The lowest BCUT2D eigenvalue weighted by Gasteiger charge is -2.32. The van der Waals surface area contributed by atoms with Gasteiger partial charge in [0.05, 0.1) is 0 Å². The lowest BCUT2D eigenvalue weighted by molar-refractivity contribution is -0.138. The molecule has 0 bridgehead atoms. The lowest BCUT2D eigenvalue weighted by Crippen LogP contribution is -2.40. The minimum absolute atomic E-state index is 0.397. The van der Waals surface area contributed by atoms with Crippen LogP contribution in [0.4, 0.5) is 18.3 Å². The SMILES string of the molecule is FC(F)(F)c1nnc(N2CCCC(CNC3CC3)C2)s1. The van der Waals surface area contributed by atoms with Crippen LogP contribution in [0.2, 0.25) is 0 Å². The topological polar surface area (TPSA) is 41.1 Å². The van der Waals surface area contributed by atoms with Crippen molar-refractivity contribution in [2.24, 2.45) is 5.92 Å². The van der Waals surface area contributed by atoms with E-state index in [-0.39, 0.29) is 0 Å². The maximum atomic E-state index is 12.5. The third kappa shape index (κ3) is 3.41. The summed E-state index contributed by atoms with van der Waals surface area (Å²) in [5.41, 5.74) is 0. The molecule has 1 N–H and O–H groups in total. The number of hydrogen-bond donors (Lipinski definition) is 1. The summed E-state index contributed by atoms with van der Waals surface area (Å²) in [6.07, 6.45) is 0.237. The van der Waals surface area contributed by atoms with Crippen LogP contribution in [0.15, 0.2) is 0 Å². The van der Waals surface area contributed by atoms with Crippen LogP contribution >= 0.6 is 11.3 Å². The molecule has 1 unspecified atom stereocenters. The molecule has 20 heavy (non-hydrogen) atoms. The fourth-order valence-electron chi connectivity index (χ4n) is 2.48. The zero-order valence-electron chi connectivity index (χ0n) is 11.0. The van der Waals surface area contributed by atoms with Crippen LogP contribution in [-0.2, 0) is 6.18 Å². The second-order valence-corrected chi connectivity index (χ2v) is 6.48. The van der Waals surface area contributed by atoms with Gasteiger partial charge in [0.15, 0.2) is 0 Å². The summed E-state index contributed by atoms with van der Waals surface area (Å²) in [5.74, 6) is 0.489. The number of rotatable bonds is 4. The molecular weight excluding hydrogens is 289 g/mol. The van der Waals surface area contributed by atoms with Crippen LogP contribution in [-0.4, -0.2) is 35.9 Å². The molecule has 2 aliphatic rings. The average Bonchev–Trinajstić information content (AvgIpc) is 3.09. The Kier molecular flexibility index (Phi) is 3.85. The number of nitrogens with zero attached hydrogens (tertiary/aromatic N) is 3. The summed E-state index contributed by atoms with van der Waals surface area (Å²) in [6.45, 7) is 2.49. The van der Waals surface area contributed by atoms with Gasteiger partial charge in [0.25, 0.3) is 0 Å². The highest BCUT2D eigenvalue weighted by Crippen LogP contribution is 2.35. The molecule has 1 saturated heterocycles. The van der Waals surface area contributed by atoms with Crippen molar-refractivity contribution >= 4 is 16.5 Å². The first kappa shape index (κ1) is 14.1. The van der Waals surface area contributed by atoms with Crippen molar-refractivity contribution in [3.63, 3.8) is 0 Å². The molecule has 2 fully saturated rings. The maximum Gasteiger partial charge on any atom is 0.445 e. The Bertz CT molecular complexity index is 458. The van der Waals surface area contributed by atoms with Crippen molar-refractivity contribution < 1.29 is 13.2 Å². The minimum Gasteiger partial charge on any atom is -0.346 e. The Labute approximate surface area is 119 Å². The summed E-state index contributed by atoms with van der Waals surface area (Å²) in [6, 6.07) is 0.670. The number of halogens is 3. The van der Waals surface area contributed by atoms with Crippen molar-refractivity contribution in [1.82, 2.24) is 15.5 Å². The third-order valence-electron chi connectivity index (χ3n) is 3.72. The molecule has 1 aliphatic heterocycles. The Morgan fingerprint density at radius 3 is 2.70 bits per heavy atom. The van der Waals surface area contributed by atoms with Crippen LogP contribution < -0.4 is 10.2 Å². The monoisotopic (exact) mass is 306 g/mol. The summed E-state index contributed by atoms with van der Waals surface area (Å²) in [7, 11) is 0. The van der Waals surface area contributed by atoms with Crippen molar-refractivity contribution in [3.05, 3.63) is 5.01 Å². The molecule has 1 aromatic rings. The van der Waals surface area contributed by atoms with Gasteiger partial charge < -0.3 is 10.2 Å². The normalized spacial score (nSPS) is 24.1. The highest BCUT2D eigenvalue weighted by Gasteiger charge is 2.36. The predicted octanol–water partition coefficient (Wildman–Crippen LogP) is 2.53.